The summed E-state index contributed by atoms with van der Waals surface area (Å²) in [5, 5.41) is 7.00. The highest BCUT2D eigenvalue weighted by Crippen LogP contribution is 2.10. The number of amides is 1. The van der Waals surface area contributed by atoms with Crippen LogP contribution in [0.15, 0.2) is 12.3 Å². The Morgan fingerprint density at radius 3 is 2.62 bits per heavy atom. The first kappa shape index (κ1) is 15.2. The lowest BCUT2D eigenvalue weighted by atomic mass is 10.1. The minimum Gasteiger partial charge on any atom is -0.400 e. The molecular weight excluding hydrogens is 202 g/mol. The lowest BCUT2D eigenvalue weighted by Gasteiger charge is -2.07. The normalized spacial score (nSPS) is 15.4. The topological polar surface area (TPSA) is 40.5 Å². The van der Waals surface area contributed by atoms with E-state index in [0.29, 0.717) is 0 Å². The lowest BCUT2D eigenvalue weighted by Crippen LogP contribution is -2.17. The Morgan fingerprint density at radius 2 is 2.06 bits per heavy atom. The summed E-state index contributed by atoms with van der Waals surface area (Å²) >= 11 is 0. The van der Waals surface area contributed by atoms with Gasteiger partial charge in [0.15, 0.2) is 0 Å². The molecule has 3 heteroatoms. The highest BCUT2D eigenvalue weighted by molar-refractivity contribution is 5.79. The molecule has 1 saturated heterocycles. The van der Waals surface area contributed by atoms with Gasteiger partial charge in [-0.15, -0.1) is 0 Å². The summed E-state index contributed by atoms with van der Waals surface area (Å²) in [4.78, 5) is 13.1. The molecule has 3 nitrogen and oxygen atoms in total. The predicted molar refractivity (Wildman–Crippen MR) is 67.0 cm³/mol. The summed E-state index contributed by atoms with van der Waals surface area (Å²) in [6.45, 7) is 3.14. The number of hydrogen-bond acceptors (Lipinski definition) is 2. The van der Waals surface area contributed by atoms with E-state index in [-0.39, 0.29) is 5.91 Å². The molecule has 1 fully saturated rings. The summed E-state index contributed by atoms with van der Waals surface area (Å²) in [5.74, 6) is 0.287. The number of likely N-dealkylation sites (tertiary alicyclic amines) is 1. The number of rotatable bonds is 6. The summed E-state index contributed by atoms with van der Waals surface area (Å²) in [6.07, 6.45) is 12.2. The van der Waals surface area contributed by atoms with Crippen molar-refractivity contribution in [3.63, 3.8) is 0 Å². The van der Waals surface area contributed by atoms with Gasteiger partial charge in [0.2, 0.25) is 5.91 Å². The summed E-state index contributed by atoms with van der Waals surface area (Å²) < 4.78 is 0. The quantitative estimate of drug-likeness (QED) is 0.709. The Morgan fingerprint density at radius 1 is 1.31 bits per heavy atom. The van der Waals surface area contributed by atoms with Crippen LogP contribution in [0.4, 0.5) is 0 Å². The first-order chi connectivity index (χ1) is 7.84. The summed E-state index contributed by atoms with van der Waals surface area (Å²) in [5.41, 5.74) is 0. The number of aliphatic hydroxyl groups excluding tert-OH is 1. The van der Waals surface area contributed by atoms with Gasteiger partial charge in [-0.2, -0.15) is 0 Å². The van der Waals surface area contributed by atoms with Crippen molar-refractivity contribution in [3.05, 3.63) is 12.3 Å². The first-order valence-corrected chi connectivity index (χ1v) is 6.25. The molecule has 0 aromatic carbocycles. The fraction of sp³-hybridized carbons (Fsp3) is 0.769. The molecule has 0 atom stereocenters. The van der Waals surface area contributed by atoms with Gasteiger partial charge in [-0.3, -0.25) is 4.79 Å². The predicted octanol–water partition coefficient (Wildman–Crippen LogP) is 2.70. The molecule has 1 aliphatic heterocycles. The van der Waals surface area contributed by atoms with Gasteiger partial charge >= 0.3 is 0 Å². The molecule has 1 amide bonds. The first-order valence-electron chi connectivity index (χ1n) is 6.25. The largest absolute Gasteiger partial charge is 0.400 e. The van der Waals surface area contributed by atoms with E-state index in [9.17, 15) is 4.79 Å². The SMILES string of the molecule is CCCCCC/C=C/N1CCCC1=O.CO. The number of unbranched alkanes of at least 4 members (excludes halogenated alkanes) is 4. The summed E-state index contributed by atoms with van der Waals surface area (Å²) in [7, 11) is 1.00. The van der Waals surface area contributed by atoms with E-state index in [0.717, 1.165) is 32.9 Å². The van der Waals surface area contributed by atoms with Crippen LogP contribution in [0.3, 0.4) is 0 Å². The monoisotopic (exact) mass is 227 g/mol. The van der Waals surface area contributed by atoms with Crippen molar-refractivity contribution in [1.82, 2.24) is 4.90 Å². The second-order valence-corrected chi connectivity index (χ2v) is 3.92. The third kappa shape index (κ3) is 6.62. The minimum absolute atomic E-state index is 0.287. The van der Waals surface area contributed by atoms with Crippen molar-refractivity contribution in [1.29, 1.82) is 0 Å². The van der Waals surface area contributed by atoms with E-state index in [2.05, 4.69) is 13.0 Å². The average molecular weight is 227 g/mol. The van der Waals surface area contributed by atoms with Crippen LogP contribution in [0, 0.1) is 0 Å². The molecule has 1 rings (SSSR count). The van der Waals surface area contributed by atoms with Gasteiger partial charge < -0.3 is 10.0 Å². The van der Waals surface area contributed by atoms with Crippen LogP contribution in [0.5, 0.6) is 0 Å². The van der Waals surface area contributed by atoms with Gasteiger partial charge in [0, 0.05) is 26.3 Å². The molecule has 94 valence electrons. The van der Waals surface area contributed by atoms with Gasteiger partial charge in [0.1, 0.15) is 0 Å². The fourth-order valence-corrected chi connectivity index (χ4v) is 1.72. The van der Waals surface area contributed by atoms with Crippen LogP contribution in [0.25, 0.3) is 0 Å². The van der Waals surface area contributed by atoms with Crippen LogP contribution in [0.2, 0.25) is 0 Å². The maximum absolute atomic E-state index is 11.2. The lowest BCUT2D eigenvalue weighted by molar-refractivity contribution is -0.125. The molecule has 1 N–H and O–H groups in total. The number of nitrogens with zero attached hydrogens (tertiary/aromatic N) is 1. The summed E-state index contributed by atoms with van der Waals surface area (Å²) in [6, 6.07) is 0. The molecule has 0 saturated carbocycles. The van der Waals surface area contributed by atoms with Gasteiger partial charge in [0.25, 0.3) is 0 Å². The molecule has 1 heterocycles. The molecule has 0 aliphatic carbocycles. The van der Waals surface area contributed by atoms with Gasteiger partial charge in [-0.05, 0) is 19.3 Å². The minimum atomic E-state index is 0.287. The number of carbonyl (C=O) groups is 1. The Balaban J connectivity index is 0.00000106. The van der Waals surface area contributed by atoms with E-state index in [1.54, 1.807) is 0 Å². The van der Waals surface area contributed by atoms with Crippen LogP contribution in [0.1, 0.15) is 51.9 Å². The van der Waals surface area contributed by atoms with Crippen molar-refractivity contribution in [2.24, 2.45) is 0 Å². The van der Waals surface area contributed by atoms with E-state index in [1.807, 2.05) is 11.1 Å². The van der Waals surface area contributed by atoms with Crippen molar-refractivity contribution in [2.45, 2.75) is 51.9 Å². The molecule has 0 radical (unpaired) electrons. The van der Waals surface area contributed by atoms with Crippen molar-refractivity contribution in [2.75, 3.05) is 13.7 Å². The smallest absolute Gasteiger partial charge is 0.226 e. The van der Waals surface area contributed by atoms with Crippen molar-refractivity contribution in [3.8, 4) is 0 Å². The molecule has 0 aromatic rings. The Kier molecular flexibility index (Phi) is 10.1. The van der Waals surface area contributed by atoms with Crippen molar-refractivity contribution < 1.29 is 9.90 Å². The molecule has 0 unspecified atom stereocenters. The third-order valence-electron chi connectivity index (χ3n) is 2.62. The van der Waals surface area contributed by atoms with E-state index in [1.165, 1.54) is 25.7 Å². The number of aliphatic hydroxyl groups is 1. The Hall–Kier alpha value is -0.830. The number of carbonyl (C=O) groups excluding carboxylic acids is 1. The van der Waals surface area contributed by atoms with E-state index >= 15 is 0 Å². The molecular formula is C13H25NO2. The van der Waals surface area contributed by atoms with Gasteiger partial charge in [-0.1, -0.05) is 32.3 Å². The van der Waals surface area contributed by atoms with Gasteiger partial charge in [0.05, 0.1) is 0 Å². The number of allylic oxidation sites excluding steroid dienone is 1. The molecule has 0 bridgehead atoms. The number of hydrogen-bond donors (Lipinski definition) is 1. The molecule has 0 aromatic heterocycles. The Bertz CT molecular complexity index is 202. The fourth-order valence-electron chi connectivity index (χ4n) is 1.72. The second-order valence-electron chi connectivity index (χ2n) is 3.92. The van der Waals surface area contributed by atoms with Crippen LogP contribution >= 0.6 is 0 Å². The van der Waals surface area contributed by atoms with Crippen LogP contribution in [-0.4, -0.2) is 29.6 Å². The zero-order valence-corrected chi connectivity index (χ0v) is 10.6. The van der Waals surface area contributed by atoms with Crippen LogP contribution < -0.4 is 0 Å². The standard InChI is InChI=1S/C12H21NO.CH4O/c1-2-3-4-5-6-7-10-13-11-8-9-12(13)14;1-2/h7,10H,2-6,8-9,11H2,1H3;2H,1H3/b10-7+;. The van der Waals surface area contributed by atoms with Gasteiger partial charge in [-0.25, -0.2) is 0 Å². The van der Waals surface area contributed by atoms with Crippen molar-refractivity contribution >= 4 is 5.91 Å². The molecule has 16 heavy (non-hydrogen) atoms. The zero-order valence-electron chi connectivity index (χ0n) is 10.6. The molecule has 0 spiro atoms. The Labute approximate surface area is 99.1 Å². The average Bonchev–Trinajstić information content (AvgIpc) is 2.72. The van der Waals surface area contributed by atoms with E-state index < -0.39 is 0 Å². The second kappa shape index (κ2) is 10.7. The van der Waals surface area contributed by atoms with Crippen LogP contribution in [-0.2, 0) is 4.79 Å². The third-order valence-corrected chi connectivity index (χ3v) is 2.62. The maximum atomic E-state index is 11.2. The zero-order chi connectivity index (χ0) is 12.2. The maximum Gasteiger partial charge on any atom is 0.226 e. The highest BCUT2D eigenvalue weighted by Gasteiger charge is 2.16. The highest BCUT2D eigenvalue weighted by atomic mass is 16.2. The van der Waals surface area contributed by atoms with E-state index in [4.69, 9.17) is 5.11 Å². The molecule has 1 aliphatic rings.